The molecule has 0 saturated heterocycles. The minimum absolute atomic E-state index is 0.602. The molecule has 3 aromatic heterocycles. The van der Waals surface area contributed by atoms with Crippen LogP contribution in [0.4, 0.5) is 17.1 Å². The first-order valence-electron chi connectivity index (χ1n) is 20.1. The molecule has 0 fully saturated rings. The Morgan fingerprint density at radius 1 is 0.383 bits per heavy atom. The molecule has 60 heavy (non-hydrogen) atoms. The Hall–Kier alpha value is -7.73. The van der Waals surface area contributed by atoms with Gasteiger partial charge in [-0.15, -0.1) is 11.3 Å². The van der Waals surface area contributed by atoms with Crippen LogP contribution in [0.1, 0.15) is 0 Å². The molecule has 0 saturated carbocycles. The van der Waals surface area contributed by atoms with E-state index in [1.807, 2.05) is 47.7 Å². The van der Waals surface area contributed by atoms with Gasteiger partial charge in [-0.05, 0) is 94.5 Å². The summed E-state index contributed by atoms with van der Waals surface area (Å²) in [5.41, 5.74) is 14.2. The minimum atomic E-state index is 0.602. The smallest absolute Gasteiger partial charge is 0.227 e. The lowest BCUT2D eigenvalue weighted by molar-refractivity contribution is 0.617. The van der Waals surface area contributed by atoms with Gasteiger partial charge in [0.2, 0.25) is 5.89 Å². The second-order valence-electron chi connectivity index (χ2n) is 15.1. The first-order chi connectivity index (χ1) is 29.7. The van der Waals surface area contributed by atoms with E-state index in [-0.39, 0.29) is 0 Å². The van der Waals surface area contributed by atoms with Crippen LogP contribution in [0.3, 0.4) is 0 Å². The summed E-state index contributed by atoms with van der Waals surface area (Å²) in [7, 11) is 0. The van der Waals surface area contributed by atoms with E-state index in [1.54, 1.807) is 0 Å². The fourth-order valence-electron chi connectivity index (χ4n) is 8.63. The van der Waals surface area contributed by atoms with Crippen LogP contribution in [0.25, 0.3) is 98.0 Å². The van der Waals surface area contributed by atoms with E-state index in [4.69, 9.17) is 13.8 Å². The summed E-state index contributed by atoms with van der Waals surface area (Å²) in [6, 6.07) is 72.9. The third-order valence-electron chi connectivity index (χ3n) is 11.5. The van der Waals surface area contributed by atoms with Gasteiger partial charge in [0.15, 0.2) is 5.58 Å². The number of oxazole rings is 1. The molecule has 0 spiro atoms. The molecule has 0 aliphatic carbocycles. The molecule has 12 rings (SSSR count). The Bertz CT molecular complexity index is 3510. The number of benzene rings is 9. The lowest BCUT2D eigenvalue weighted by atomic mass is 9.99. The van der Waals surface area contributed by atoms with Crippen molar-refractivity contribution >= 4 is 81.6 Å². The Morgan fingerprint density at radius 3 is 1.65 bits per heavy atom. The van der Waals surface area contributed by atoms with Gasteiger partial charge in [0, 0.05) is 65.2 Å². The quantitative estimate of drug-likeness (QED) is 0.161. The molecule has 0 aliphatic heterocycles. The van der Waals surface area contributed by atoms with Crippen LogP contribution >= 0.6 is 11.3 Å². The number of rotatable bonds is 7. The van der Waals surface area contributed by atoms with Gasteiger partial charge in [-0.3, -0.25) is 0 Å². The van der Waals surface area contributed by atoms with Crippen molar-refractivity contribution in [1.82, 2.24) is 4.98 Å². The monoisotopic (exact) mass is 786 g/mol. The van der Waals surface area contributed by atoms with E-state index in [0.717, 1.165) is 61.2 Å². The van der Waals surface area contributed by atoms with Gasteiger partial charge in [0.25, 0.3) is 0 Å². The lowest BCUT2D eigenvalue weighted by Gasteiger charge is -2.26. The molecular formula is C55H34N2O2S. The van der Waals surface area contributed by atoms with Crippen LogP contribution in [-0.4, -0.2) is 4.98 Å². The normalized spacial score (nSPS) is 11.7. The first kappa shape index (κ1) is 34.3. The maximum Gasteiger partial charge on any atom is 0.227 e. The zero-order valence-electron chi connectivity index (χ0n) is 32.2. The average molecular weight is 787 g/mol. The Kier molecular flexibility index (Phi) is 8.00. The number of aromatic nitrogens is 1. The molecule has 0 unspecified atom stereocenters. The number of hydrogen-bond donors (Lipinski definition) is 0. The van der Waals surface area contributed by atoms with Crippen molar-refractivity contribution < 1.29 is 8.83 Å². The molecule has 0 radical (unpaired) electrons. The van der Waals surface area contributed by atoms with Crippen molar-refractivity contribution in [3.8, 4) is 44.8 Å². The van der Waals surface area contributed by atoms with Crippen LogP contribution in [0, 0.1) is 0 Å². The predicted molar refractivity (Wildman–Crippen MR) is 251 cm³/mol. The van der Waals surface area contributed by atoms with E-state index in [0.29, 0.717) is 11.5 Å². The van der Waals surface area contributed by atoms with Gasteiger partial charge in [0.1, 0.15) is 16.7 Å². The Morgan fingerprint density at radius 2 is 0.933 bits per heavy atom. The highest BCUT2D eigenvalue weighted by atomic mass is 32.1. The first-order valence-corrected chi connectivity index (χ1v) is 20.9. The van der Waals surface area contributed by atoms with E-state index in [1.165, 1.54) is 42.4 Å². The van der Waals surface area contributed by atoms with Crippen LogP contribution in [-0.2, 0) is 0 Å². The van der Waals surface area contributed by atoms with E-state index >= 15 is 0 Å². The summed E-state index contributed by atoms with van der Waals surface area (Å²) >= 11 is 1.85. The molecule has 0 N–H and O–H groups in total. The predicted octanol–water partition coefficient (Wildman–Crippen LogP) is 16.2. The minimum Gasteiger partial charge on any atom is -0.455 e. The summed E-state index contributed by atoms with van der Waals surface area (Å²) in [5, 5.41) is 4.68. The SMILES string of the molecule is c1ccc(-c2ccc(N(c3ccc(-c4cccc5c4oc4cc6oc(-c7ccccc7)nc6cc45)cc3)c3ccc(-c4cccc5sc6ccccc6c45)cc3)cc2)cc1. The highest BCUT2D eigenvalue weighted by Gasteiger charge is 2.19. The number of hydrogen-bond acceptors (Lipinski definition) is 5. The molecule has 3 heterocycles. The molecule has 0 aliphatic rings. The van der Waals surface area contributed by atoms with Gasteiger partial charge in [0.05, 0.1) is 0 Å². The van der Waals surface area contributed by atoms with Crippen molar-refractivity contribution in [3.63, 3.8) is 0 Å². The van der Waals surface area contributed by atoms with Gasteiger partial charge in [-0.2, -0.15) is 0 Å². The fraction of sp³-hybridized carbons (Fsp3) is 0. The lowest BCUT2D eigenvalue weighted by Crippen LogP contribution is -2.09. The molecule has 0 atom stereocenters. The fourth-order valence-corrected chi connectivity index (χ4v) is 9.76. The summed E-state index contributed by atoms with van der Waals surface area (Å²) in [4.78, 5) is 7.15. The van der Waals surface area contributed by atoms with Crippen molar-refractivity contribution in [2.75, 3.05) is 4.90 Å². The highest BCUT2D eigenvalue weighted by Crippen LogP contribution is 2.43. The second-order valence-corrected chi connectivity index (χ2v) is 16.2. The van der Waals surface area contributed by atoms with Crippen LogP contribution in [0.2, 0.25) is 0 Å². The topological polar surface area (TPSA) is 42.4 Å². The standard InChI is InChI=1S/C55H34N2O2S/c1-3-11-35(12-4-1)36-21-27-40(28-22-36)57(41-29-23-37(24-30-41)43-16-10-20-52-53(43)46-15-7-8-19-51(46)60-52)42-31-25-38(26-32-42)44-17-9-18-45-47-33-48-50(34-49(47)58-54(44)45)59-55(56-48)39-13-5-2-6-14-39/h1-34H. The number of anilines is 3. The van der Waals surface area contributed by atoms with Crippen LogP contribution in [0.15, 0.2) is 215 Å². The molecule has 4 nitrogen and oxygen atoms in total. The third kappa shape index (κ3) is 5.78. The van der Waals surface area contributed by atoms with Crippen molar-refractivity contribution in [2.45, 2.75) is 0 Å². The largest absolute Gasteiger partial charge is 0.455 e. The average Bonchev–Trinajstić information content (AvgIpc) is 4.03. The summed E-state index contributed by atoms with van der Waals surface area (Å²) < 4.78 is 15.4. The number of nitrogens with zero attached hydrogens (tertiary/aromatic N) is 2. The number of thiophene rings is 1. The summed E-state index contributed by atoms with van der Waals surface area (Å²) in [6.45, 7) is 0. The summed E-state index contributed by atoms with van der Waals surface area (Å²) in [6.07, 6.45) is 0. The van der Waals surface area contributed by atoms with E-state index in [2.05, 4.69) is 175 Å². The van der Waals surface area contributed by atoms with Crippen LogP contribution in [0.5, 0.6) is 0 Å². The zero-order valence-corrected chi connectivity index (χ0v) is 33.1. The highest BCUT2D eigenvalue weighted by molar-refractivity contribution is 7.25. The molecular weight excluding hydrogens is 753 g/mol. The molecule has 0 bridgehead atoms. The Labute approximate surface area is 349 Å². The van der Waals surface area contributed by atoms with Crippen molar-refractivity contribution in [3.05, 3.63) is 206 Å². The van der Waals surface area contributed by atoms with Gasteiger partial charge < -0.3 is 13.7 Å². The molecule has 12 aromatic rings. The zero-order chi connectivity index (χ0) is 39.6. The van der Waals surface area contributed by atoms with Crippen molar-refractivity contribution in [2.24, 2.45) is 0 Å². The number of para-hydroxylation sites is 1. The van der Waals surface area contributed by atoms with Gasteiger partial charge in [-0.1, -0.05) is 133 Å². The third-order valence-corrected chi connectivity index (χ3v) is 12.7. The molecule has 282 valence electrons. The maximum absolute atomic E-state index is 6.62. The number of furan rings is 1. The number of fused-ring (bicyclic) bond motifs is 7. The van der Waals surface area contributed by atoms with Gasteiger partial charge in [-0.25, -0.2) is 4.98 Å². The maximum atomic E-state index is 6.62. The molecule has 9 aromatic carbocycles. The Balaban J connectivity index is 0.925. The summed E-state index contributed by atoms with van der Waals surface area (Å²) in [5.74, 6) is 0.602. The van der Waals surface area contributed by atoms with Crippen molar-refractivity contribution in [1.29, 1.82) is 0 Å². The van der Waals surface area contributed by atoms with E-state index < -0.39 is 0 Å². The molecule has 5 heteroatoms. The second kappa shape index (κ2) is 14.0. The van der Waals surface area contributed by atoms with Crippen LogP contribution < -0.4 is 4.90 Å². The molecule has 0 amide bonds. The van der Waals surface area contributed by atoms with Gasteiger partial charge >= 0.3 is 0 Å². The van der Waals surface area contributed by atoms with E-state index in [9.17, 15) is 0 Å².